The number of rotatable bonds is 2. The van der Waals surface area contributed by atoms with Crippen LogP contribution in [0.25, 0.3) is 22.1 Å². The molecular weight excluding hydrogens is 360 g/mol. The van der Waals surface area contributed by atoms with Gasteiger partial charge in [-0.05, 0) is 36.4 Å². The van der Waals surface area contributed by atoms with Crippen molar-refractivity contribution >= 4 is 22.1 Å². The summed E-state index contributed by atoms with van der Waals surface area (Å²) in [5, 5.41) is 1.89. The van der Waals surface area contributed by atoms with E-state index in [4.69, 9.17) is 9.47 Å². The van der Waals surface area contributed by atoms with Crippen LogP contribution in [0.4, 0.5) is 0 Å². The molecule has 8 nitrogen and oxygen atoms in total. The van der Waals surface area contributed by atoms with Crippen LogP contribution in [0.1, 0.15) is 0 Å². The summed E-state index contributed by atoms with van der Waals surface area (Å²) in [6, 6.07) is 14.1. The summed E-state index contributed by atoms with van der Waals surface area (Å²) in [4.78, 5) is 33.5. The molecule has 5 rings (SSSR count). The molecule has 0 aliphatic carbocycles. The van der Waals surface area contributed by atoms with Gasteiger partial charge in [0.05, 0.1) is 19.8 Å². The number of hydrogen-bond acceptors (Lipinski definition) is 6. The Morgan fingerprint density at radius 1 is 0.929 bits per heavy atom. The van der Waals surface area contributed by atoms with Crippen molar-refractivity contribution in [1.29, 1.82) is 0 Å². The van der Waals surface area contributed by atoms with Crippen molar-refractivity contribution in [1.82, 2.24) is 19.5 Å². The Kier molecular flexibility index (Phi) is 5.22. The van der Waals surface area contributed by atoms with Gasteiger partial charge < -0.3 is 14.5 Å². The van der Waals surface area contributed by atoms with Crippen LogP contribution in [0.15, 0.2) is 70.5 Å². The van der Waals surface area contributed by atoms with E-state index in [2.05, 4.69) is 15.0 Å². The number of H-pyrrole nitrogens is 1. The molecule has 0 spiro atoms. The highest BCUT2D eigenvalue weighted by molar-refractivity contribution is 5.74. The number of nitrogens with one attached hydrogen (secondary N) is 1. The second-order valence-electron chi connectivity index (χ2n) is 6.13. The molecule has 1 aliphatic rings. The summed E-state index contributed by atoms with van der Waals surface area (Å²) < 4.78 is 12.3. The van der Waals surface area contributed by atoms with Gasteiger partial charge >= 0.3 is 0 Å². The first-order valence-corrected chi connectivity index (χ1v) is 8.82. The van der Waals surface area contributed by atoms with Crippen LogP contribution in [-0.2, 0) is 16.0 Å². The number of ether oxygens (including phenoxy) is 2. The Hall–Kier alpha value is -3.36. The minimum Gasteiger partial charge on any atom is -0.348 e. The first kappa shape index (κ1) is 18.0. The Labute approximate surface area is 159 Å². The van der Waals surface area contributed by atoms with Crippen LogP contribution in [0.5, 0.6) is 0 Å². The smallest absolute Gasteiger partial charge is 0.252 e. The van der Waals surface area contributed by atoms with Gasteiger partial charge in [-0.3, -0.25) is 14.2 Å². The summed E-state index contributed by atoms with van der Waals surface area (Å²) in [5.41, 5.74) is 1.10. The van der Waals surface area contributed by atoms with Crippen molar-refractivity contribution in [2.24, 2.45) is 0 Å². The van der Waals surface area contributed by atoms with Crippen molar-refractivity contribution in [3.8, 4) is 0 Å². The van der Waals surface area contributed by atoms with Crippen LogP contribution in [-0.4, -0.2) is 39.0 Å². The standard InChI is InChI=1S/C12H12N2O3.C8H6N2O/c15-10-4-3-9-2-1-5-13-12(9)14(10)8-11-16-6-7-17-11;11-7-4-3-6-2-1-5-9-8(6)10-7/h1-5,11H,6-8H2;1-5H,(H,9,10,11). The molecule has 8 heteroatoms. The Balaban J connectivity index is 0.000000151. The van der Waals surface area contributed by atoms with Gasteiger partial charge in [-0.2, -0.15) is 0 Å². The summed E-state index contributed by atoms with van der Waals surface area (Å²) in [6.45, 7) is 1.54. The zero-order chi connectivity index (χ0) is 19.3. The average Bonchev–Trinajstić information content (AvgIpc) is 3.24. The van der Waals surface area contributed by atoms with Crippen molar-refractivity contribution < 1.29 is 9.47 Å². The fraction of sp³-hybridized carbons (Fsp3) is 0.200. The number of pyridine rings is 4. The van der Waals surface area contributed by atoms with E-state index in [9.17, 15) is 9.59 Å². The van der Waals surface area contributed by atoms with Crippen LogP contribution in [0, 0.1) is 0 Å². The Morgan fingerprint density at radius 3 is 2.46 bits per heavy atom. The third kappa shape index (κ3) is 3.98. The molecule has 0 bridgehead atoms. The van der Waals surface area contributed by atoms with Crippen molar-refractivity contribution in [3.63, 3.8) is 0 Å². The van der Waals surface area contributed by atoms with Crippen LogP contribution in [0.2, 0.25) is 0 Å². The molecule has 1 saturated heterocycles. The lowest BCUT2D eigenvalue weighted by Crippen LogP contribution is -2.27. The van der Waals surface area contributed by atoms with E-state index in [0.717, 1.165) is 10.8 Å². The normalized spacial score (nSPS) is 14.1. The molecule has 0 aromatic carbocycles. The molecule has 0 saturated carbocycles. The van der Waals surface area contributed by atoms with Crippen LogP contribution >= 0.6 is 0 Å². The molecule has 0 amide bonds. The number of fused-ring (bicyclic) bond motifs is 2. The predicted octanol–water partition coefficient (Wildman–Crippen LogP) is 1.69. The second-order valence-corrected chi connectivity index (χ2v) is 6.13. The minimum atomic E-state index is -0.347. The lowest BCUT2D eigenvalue weighted by Gasteiger charge is -2.12. The molecule has 0 unspecified atom stereocenters. The second kappa shape index (κ2) is 8.12. The third-order valence-electron chi connectivity index (χ3n) is 4.26. The SMILES string of the molecule is O=c1ccc2cccnc2[nH]1.O=c1ccc2cccnc2n1CC1OCCO1. The fourth-order valence-corrected chi connectivity index (χ4v) is 2.94. The largest absolute Gasteiger partial charge is 0.348 e. The van der Waals surface area contributed by atoms with Crippen molar-refractivity contribution in [3.05, 3.63) is 81.6 Å². The van der Waals surface area contributed by atoms with Crippen molar-refractivity contribution in [2.75, 3.05) is 13.2 Å². The summed E-state index contributed by atoms with van der Waals surface area (Å²) in [6.07, 6.45) is 2.98. The van der Waals surface area contributed by atoms with Crippen LogP contribution < -0.4 is 11.1 Å². The number of aromatic nitrogens is 4. The van der Waals surface area contributed by atoms with E-state index in [1.54, 1.807) is 35.2 Å². The van der Waals surface area contributed by atoms with Gasteiger partial charge in [-0.1, -0.05) is 0 Å². The Morgan fingerprint density at radius 2 is 1.64 bits per heavy atom. The van der Waals surface area contributed by atoms with Gasteiger partial charge in [0.2, 0.25) is 5.56 Å². The van der Waals surface area contributed by atoms with Gasteiger partial charge in [0.1, 0.15) is 11.3 Å². The highest BCUT2D eigenvalue weighted by Gasteiger charge is 2.18. The fourth-order valence-electron chi connectivity index (χ4n) is 2.94. The predicted molar refractivity (Wildman–Crippen MR) is 104 cm³/mol. The third-order valence-corrected chi connectivity index (χ3v) is 4.26. The van der Waals surface area contributed by atoms with Crippen molar-refractivity contribution in [2.45, 2.75) is 12.8 Å². The Bertz CT molecular complexity index is 1210. The average molecular weight is 378 g/mol. The maximum absolute atomic E-state index is 11.8. The highest BCUT2D eigenvalue weighted by atomic mass is 16.7. The minimum absolute atomic E-state index is 0.0877. The molecule has 142 valence electrons. The maximum atomic E-state index is 11.8. The van der Waals surface area contributed by atoms with E-state index in [-0.39, 0.29) is 17.4 Å². The zero-order valence-corrected chi connectivity index (χ0v) is 14.9. The highest BCUT2D eigenvalue weighted by Crippen LogP contribution is 2.11. The molecule has 0 radical (unpaired) electrons. The molecule has 28 heavy (non-hydrogen) atoms. The first-order chi connectivity index (χ1) is 13.7. The van der Waals surface area contributed by atoms with Gasteiger partial charge in [0.25, 0.3) is 5.56 Å². The monoisotopic (exact) mass is 378 g/mol. The number of aromatic amines is 1. The lowest BCUT2D eigenvalue weighted by atomic mass is 10.3. The number of hydrogen-bond donors (Lipinski definition) is 1. The van der Waals surface area contributed by atoms with E-state index >= 15 is 0 Å². The number of nitrogens with zero attached hydrogens (tertiary/aromatic N) is 3. The quantitative estimate of drug-likeness (QED) is 0.570. The molecule has 5 heterocycles. The van der Waals surface area contributed by atoms with Gasteiger partial charge in [-0.15, -0.1) is 0 Å². The maximum Gasteiger partial charge on any atom is 0.252 e. The van der Waals surface area contributed by atoms with Crippen LogP contribution in [0.3, 0.4) is 0 Å². The summed E-state index contributed by atoms with van der Waals surface area (Å²) in [5.74, 6) is 0. The van der Waals surface area contributed by atoms with E-state index in [0.29, 0.717) is 31.1 Å². The molecule has 1 fully saturated rings. The molecule has 4 aromatic heterocycles. The van der Waals surface area contributed by atoms with E-state index in [1.807, 2.05) is 24.3 Å². The van der Waals surface area contributed by atoms with Gasteiger partial charge in [0.15, 0.2) is 6.29 Å². The molecular formula is C20H18N4O4. The molecule has 4 aromatic rings. The van der Waals surface area contributed by atoms with Gasteiger partial charge in [0, 0.05) is 35.3 Å². The summed E-state index contributed by atoms with van der Waals surface area (Å²) >= 11 is 0. The topological polar surface area (TPSA) is 99.1 Å². The first-order valence-electron chi connectivity index (χ1n) is 8.82. The molecule has 1 aliphatic heterocycles. The molecule has 1 N–H and O–H groups in total. The lowest BCUT2D eigenvalue weighted by molar-refractivity contribution is -0.0523. The van der Waals surface area contributed by atoms with E-state index in [1.165, 1.54) is 6.07 Å². The zero-order valence-electron chi connectivity index (χ0n) is 14.9. The van der Waals surface area contributed by atoms with Gasteiger partial charge in [-0.25, -0.2) is 9.97 Å². The van der Waals surface area contributed by atoms with E-state index < -0.39 is 0 Å². The molecule has 0 atom stereocenters. The summed E-state index contributed by atoms with van der Waals surface area (Å²) in [7, 11) is 0.